The van der Waals surface area contributed by atoms with Crippen LogP contribution in [0.1, 0.15) is 39.0 Å². The van der Waals surface area contributed by atoms with Crippen molar-refractivity contribution in [2.45, 2.75) is 45.1 Å². The number of amides is 1. The molecule has 1 aliphatic rings. The van der Waals surface area contributed by atoms with E-state index in [1.165, 1.54) is 12.8 Å². The number of nitrogens with zero attached hydrogens (tertiary/aromatic N) is 1. The van der Waals surface area contributed by atoms with Gasteiger partial charge in [-0.3, -0.25) is 4.79 Å². The molecule has 1 aliphatic carbocycles. The van der Waals surface area contributed by atoms with E-state index in [0.29, 0.717) is 0 Å². The number of carbonyl (C=O) groups is 1. The summed E-state index contributed by atoms with van der Waals surface area (Å²) in [6.07, 6.45) is 5.53. The van der Waals surface area contributed by atoms with Crippen LogP contribution >= 0.6 is 0 Å². The van der Waals surface area contributed by atoms with E-state index in [1.807, 2.05) is 7.05 Å². The summed E-state index contributed by atoms with van der Waals surface area (Å²) < 4.78 is 0. The van der Waals surface area contributed by atoms with E-state index in [0.717, 1.165) is 31.7 Å². The average molecular weight is 198 g/mol. The molecule has 1 saturated carbocycles. The second-order valence-corrected chi connectivity index (χ2v) is 4.41. The van der Waals surface area contributed by atoms with Crippen molar-refractivity contribution in [1.82, 2.24) is 4.90 Å². The molecule has 0 heterocycles. The van der Waals surface area contributed by atoms with Crippen LogP contribution < -0.4 is 5.73 Å². The first-order valence-corrected chi connectivity index (χ1v) is 5.65. The Bertz CT molecular complexity index is 190. The van der Waals surface area contributed by atoms with Crippen molar-refractivity contribution in [1.29, 1.82) is 0 Å². The van der Waals surface area contributed by atoms with Crippen molar-refractivity contribution in [3.63, 3.8) is 0 Å². The monoisotopic (exact) mass is 198 g/mol. The van der Waals surface area contributed by atoms with Crippen LogP contribution in [-0.4, -0.2) is 30.4 Å². The van der Waals surface area contributed by atoms with Crippen LogP contribution in [0.3, 0.4) is 0 Å². The van der Waals surface area contributed by atoms with Crippen LogP contribution in [0.25, 0.3) is 0 Å². The predicted octanol–water partition coefficient (Wildman–Crippen LogP) is 1.37. The zero-order valence-corrected chi connectivity index (χ0v) is 9.33. The summed E-state index contributed by atoms with van der Waals surface area (Å²) in [7, 11) is 1.87. The zero-order chi connectivity index (χ0) is 10.6. The van der Waals surface area contributed by atoms with Gasteiger partial charge in [0.05, 0.1) is 6.04 Å². The van der Waals surface area contributed by atoms with Gasteiger partial charge in [-0.2, -0.15) is 0 Å². The predicted molar refractivity (Wildman–Crippen MR) is 57.9 cm³/mol. The normalized spacial score (nSPS) is 17.9. The van der Waals surface area contributed by atoms with Crippen molar-refractivity contribution in [2.24, 2.45) is 11.7 Å². The summed E-state index contributed by atoms with van der Waals surface area (Å²) in [6, 6.07) is -0.279. The number of carbonyl (C=O) groups excluding carboxylic acids is 1. The number of unbranched alkanes of at least 4 members (excludes halogenated alkanes) is 1. The lowest BCUT2D eigenvalue weighted by Gasteiger charge is -2.20. The van der Waals surface area contributed by atoms with Gasteiger partial charge in [0.15, 0.2) is 0 Å². The summed E-state index contributed by atoms with van der Waals surface area (Å²) in [4.78, 5) is 13.5. The molecular formula is C11H22N2O. The van der Waals surface area contributed by atoms with E-state index in [2.05, 4.69) is 6.92 Å². The SMILES string of the molecule is CCCC[C@H](N)C(=O)N(C)CC1CC1. The van der Waals surface area contributed by atoms with Crippen molar-refractivity contribution in [3.05, 3.63) is 0 Å². The average Bonchev–Trinajstić information content (AvgIpc) is 2.96. The third-order valence-electron chi connectivity index (χ3n) is 2.79. The van der Waals surface area contributed by atoms with Crippen LogP contribution in [-0.2, 0) is 4.79 Å². The molecule has 82 valence electrons. The highest BCUT2D eigenvalue weighted by Crippen LogP contribution is 2.29. The maximum absolute atomic E-state index is 11.7. The fraction of sp³-hybridized carbons (Fsp3) is 0.909. The van der Waals surface area contributed by atoms with Gasteiger partial charge < -0.3 is 10.6 Å². The molecule has 1 amide bonds. The van der Waals surface area contributed by atoms with Gasteiger partial charge in [0.25, 0.3) is 0 Å². The van der Waals surface area contributed by atoms with Crippen LogP contribution in [0.4, 0.5) is 0 Å². The smallest absolute Gasteiger partial charge is 0.239 e. The molecule has 0 aromatic carbocycles. The Labute approximate surface area is 86.6 Å². The highest BCUT2D eigenvalue weighted by Gasteiger charge is 2.26. The van der Waals surface area contributed by atoms with Gasteiger partial charge in [-0.1, -0.05) is 19.8 Å². The summed E-state index contributed by atoms with van der Waals surface area (Å²) in [6.45, 7) is 3.02. The minimum Gasteiger partial charge on any atom is -0.344 e. The van der Waals surface area contributed by atoms with Gasteiger partial charge in [0.1, 0.15) is 0 Å². The van der Waals surface area contributed by atoms with Gasteiger partial charge in [0.2, 0.25) is 5.91 Å². The van der Waals surface area contributed by atoms with E-state index in [4.69, 9.17) is 5.73 Å². The first kappa shape index (κ1) is 11.5. The zero-order valence-electron chi connectivity index (χ0n) is 9.33. The van der Waals surface area contributed by atoms with E-state index < -0.39 is 0 Å². The quantitative estimate of drug-likeness (QED) is 0.700. The lowest BCUT2D eigenvalue weighted by molar-refractivity contribution is -0.131. The molecule has 3 heteroatoms. The molecule has 1 atom stereocenters. The van der Waals surface area contributed by atoms with E-state index in [1.54, 1.807) is 4.90 Å². The Hall–Kier alpha value is -0.570. The Kier molecular flexibility index (Phi) is 4.39. The lowest BCUT2D eigenvalue weighted by atomic mass is 10.1. The number of likely N-dealkylation sites (N-methyl/N-ethyl adjacent to an activating group) is 1. The highest BCUT2D eigenvalue weighted by atomic mass is 16.2. The molecule has 0 aliphatic heterocycles. The molecule has 2 N–H and O–H groups in total. The van der Waals surface area contributed by atoms with Gasteiger partial charge >= 0.3 is 0 Å². The standard InChI is InChI=1S/C11H22N2O/c1-3-4-5-10(12)11(14)13(2)8-9-6-7-9/h9-10H,3-8,12H2,1-2H3/t10-/m0/s1. The summed E-state index contributed by atoms with van der Waals surface area (Å²) >= 11 is 0. The molecule has 0 unspecified atom stereocenters. The van der Waals surface area contributed by atoms with Crippen LogP contribution in [0.15, 0.2) is 0 Å². The van der Waals surface area contributed by atoms with Gasteiger partial charge in [0, 0.05) is 13.6 Å². The molecule has 3 nitrogen and oxygen atoms in total. The Morgan fingerprint density at radius 2 is 2.21 bits per heavy atom. The molecule has 1 rings (SSSR count). The largest absolute Gasteiger partial charge is 0.344 e. The topological polar surface area (TPSA) is 46.3 Å². The van der Waals surface area contributed by atoms with Gasteiger partial charge in [-0.05, 0) is 25.2 Å². The van der Waals surface area contributed by atoms with Gasteiger partial charge in [-0.25, -0.2) is 0 Å². The fourth-order valence-corrected chi connectivity index (χ4v) is 1.61. The minimum atomic E-state index is -0.279. The van der Waals surface area contributed by atoms with E-state index in [-0.39, 0.29) is 11.9 Å². The Morgan fingerprint density at radius 1 is 1.57 bits per heavy atom. The number of hydrogen-bond donors (Lipinski definition) is 1. The van der Waals surface area contributed by atoms with Crippen molar-refractivity contribution in [3.8, 4) is 0 Å². The van der Waals surface area contributed by atoms with E-state index >= 15 is 0 Å². The summed E-state index contributed by atoms with van der Waals surface area (Å²) in [5.74, 6) is 0.868. The first-order valence-electron chi connectivity index (χ1n) is 5.65. The lowest BCUT2D eigenvalue weighted by Crippen LogP contribution is -2.42. The molecule has 0 aromatic heterocycles. The second-order valence-electron chi connectivity index (χ2n) is 4.41. The molecule has 0 bridgehead atoms. The van der Waals surface area contributed by atoms with Crippen molar-refractivity contribution >= 4 is 5.91 Å². The van der Waals surface area contributed by atoms with Gasteiger partial charge in [-0.15, -0.1) is 0 Å². The maximum atomic E-state index is 11.7. The third-order valence-corrected chi connectivity index (χ3v) is 2.79. The van der Waals surface area contributed by atoms with Crippen LogP contribution in [0.5, 0.6) is 0 Å². The number of nitrogens with two attached hydrogens (primary N) is 1. The van der Waals surface area contributed by atoms with Crippen molar-refractivity contribution < 1.29 is 4.79 Å². The highest BCUT2D eigenvalue weighted by molar-refractivity contribution is 5.81. The minimum absolute atomic E-state index is 0.116. The van der Waals surface area contributed by atoms with Crippen LogP contribution in [0.2, 0.25) is 0 Å². The van der Waals surface area contributed by atoms with E-state index in [9.17, 15) is 4.79 Å². The number of rotatable bonds is 6. The Morgan fingerprint density at radius 3 is 2.71 bits per heavy atom. The molecule has 0 saturated heterocycles. The second kappa shape index (κ2) is 5.35. The Balaban J connectivity index is 2.22. The third kappa shape index (κ3) is 3.66. The summed E-state index contributed by atoms with van der Waals surface area (Å²) in [5, 5.41) is 0. The molecule has 1 fully saturated rings. The molecule has 0 spiro atoms. The van der Waals surface area contributed by atoms with Crippen molar-refractivity contribution in [2.75, 3.05) is 13.6 Å². The summed E-state index contributed by atoms with van der Waals surface area (Å²) in [5.41, 5.74) is 5.81. The fourth-order valence-electron chi connectivity index (χ4n) is 1.61. The molecule has 14 heavy (non-hydrogen) atoms. The molecule has 0 radical (unpaired) electrons. The maximum Gasteiger partial charge on any atom is 0.239 e. The molecular weight excluding hydrogens is 176 g/mol. The number of hydrogen-bond acceptors (Lipinski definition) is 2. The molecule has 0 aromatic rings. The first-order chi connectivity index (χ1) is 6.65. The van der Waals surface area contributed by atoms with Crippen LogP contribution in [0, 0.1) is 5.92 Å².